The fourth-order valence-corrected chi connectivity index (χ4v) is 4.49. The maximum absolute atomic E-state index is 12.6. The fraction of sp³-hybridized carbons (Fsp3) is 0.568. The van der Waals surface area contributed by atoms with Gasteiger partial charge in [0, 0.05) is 36.0 Å². The highest BCUT2D eigenvalue weighted by molar-refractivity contribution is 5.82. The van der Waals surface area contributed by atoms with Crippen molar-refractivity contribution in [3.8, 4) is 0 Å². The average Bonchev–Trinajstić information content (AvgIpc) is 3.09. The number of benzene rings is 2. The van der Waals surface area contributed by atoms with E-state index in [1.807, 2.05) is 74.5 Å². The average molecular weight is 717 g/mol. The predicted molar refractivity (Wildman–Crippen MR) is 190 cm³/mol. The van der Waals surface area contributed by atoms with E-state index < -0.39 is 46.9 Å². The molecule has 4 atom stereocenters. The number of carbonyl (C=O) groups excluding carboxylic acids is 4. The second-order valence-electron chi connectivity index (χ2n) is 14.4. The minimum atomic E-state index is -1.33. The first kappa shape index (κ1) is 42.9. The molecule has 0 unspecified atom stereocenters. The second-order valence-corrected chi connectivity index (χ2v) is 14.4. The standard InChI is InChI=1S/C20H30N2O5.C17H26N2O5/c1-14(22-18(24)25-12-15-9-7-6-8-10-15)11-21-17(23)16-19(2,3)13-26-20(4,5)27-16;1-12(9-18-15(22)14(21)17(2,3)11-20)19-16(23)24-10-13-7-5-4-6-8-13/h6-10,14,16H,11-13H2,1-5H3,(H,21,23)(H,22,24);4-8,12,14,20-21H,9-11H2,1-3H3,(H,18,22)(H,19,23)/t14-,16-;12-,14-/m11/s1. The van der Waals surface area contributed by atoms with Gasteiger partial charge in [0.25, 0.3) is 0 Å². The molecule has 51 heavy (non-hydrogen) atoms. The number of aliphatic hydroxyl groups is 2. The quantitative estimate of drug-likeness (QED) is 0.169. The van der Waals surface area contributed by atoms with E-state index in [1.54, 1.807) is 41.5 Å². The molecule has 284 valence electrons. The Bertz CT molecular complexity index is 1390. The van der Waals surface area contributed by atoms with E-state index in [0.717, 1.165) is 11.1 Å². The van der Waals surface area contributed by atoms with Crippen molar-refractivity contribution in [2.24, 2.45) is 10.8 Å². The van der Waals surface area contributed by atoms with Crippen LogP contribution in [0.3, 0.4) is 0 Å². The summed E-state index contributed by atoms with van der Waals surface area (Å²) >= 11 is 0. The van der Waals surface area contributed by atoms with Crippen molar-refractivity contribution in [3.05, 3.63) is 71.8 Å². The Balaban J connectivity index is 0.000000356. The Morgan fingerprint density at radius 3 is 1.73 bits per heavy atom. The third-order valence-corrected chi connectivity index (χ3v) is 7.86. The first-order valence-corrected chi connectivity index (χ1v) is 17.0. The Kier molecular flexibility index (Phi) is 16.8. The SMILES string of the molecule is C[C@H](CNC(=O)[C@@H](O)C(C)(C)CO)NC(=O)OCc1ccccc1.C[C@H](CNC(=O)[C@H]1OC(C)(C)OCC1(C)C)NC(=O)OCc1ccccc1. The zero-order chi connectivity index (χ0) is 38.2. The van der Waals surface area contributed by atoms with E-state index >= 15 is 0 Å². The van der Waals surface area contributed by atoms with E-state index in [0.29, 0.717) is 6.61 Å². The third kappa shape index (κ3) is 15.7. The summed E-state index contributed by atoms with van der Waals surface area (Å²) in [4.78, 5) is 48.0. The van der Waals surface area contributed by atoms with Crippen molar-refractivity contribution < 1.29 is 48.3 Å². The van der Waals surface area contributed by atoms with Crippen LogP contribution in [0.1, 0.15) is 66.5 Å². The monoisotopic (exact) mass is 716 g/mol. The molecule has 0 radical (unpaired) electrons. The van der Waals surface area contributed by atoms with E-state index in [4.69, 9.17) is 24.1 Å². The van der Waals surface area contributed by atoms with Gasteiger partial charge in [0.15, 0.2) is 5.79 Å². The van der Waals surface area contributed by atoms with Gasteiger partial charge in [0.05, 0.1) is 13.2 Å². The molecule has 1 fully saturated rings. The lowest BCUT2D eigenvalue weighted by atomic mass is 9.85. The summed E-state index contributed by atoms with van der Waals surface area (Å²) in [6.07, 6.45) is -3.07. The van der Waals surface area contributed by atoms with Gasteiger partial charge >= 0.3 is 12.2 Å². The number of ether oxygens (including phenoxy) is 4. The lowest BCUT2D eigenvalue weighted by Crippen LogP contribution is -2.57. The molecule has 0 spiro atoms. The van der Waals surface area contributed by atoms with Crippen molar-refractivity contribution in [2.45, 2.75) is 98.7 Å². The molecule has 1 aliphatic heterocycles. The maximum Gasteiger partial charge on any atom is 0.407 e. The molecular formula is C37H56N4O10. The van der Waals surface area contributed by atoms with Gasteiger partial charge < -0.3 is 50.4 Å². The maximum atomic E-state index is 12.6. The molecule has 0 aliphatic carbocycles. The van der Waals surface area contributed by atoms with Gasteiger partial charge in [-0.25, -0.2) is 9.59 Å². The molecule has 14 heteroatoms. The minimum Gasteiger partial charge on any atom is -0.445 e. The molecule has 2 aromatic rings. The Labute approximate surface area is 301 Å². The third-order valence-electron chi connectivity index (χ3n) is 7.86. The van der Waals surface area contributed by atoms with Crippen molar-refractivity contribution >= 4 is 24.0 Å². The number of alkyl carbamates (subject to hydrolysis) is 2. The van der Waals surface area contributed by atoms with Gasteiger partial charge in [-0.2, -0.15) is 0 Å². The van der Waals surface area contributed by atoms with Gasteiger partial charge in [-0.3, -0.25) is 9.59 Å². The van der Waals surface area contributed by atoms with Crippen LogP contribution in [0.25, 0.3) is 0 Å². The summed E-state index contributed by atoms with van der Waals surface area (Å²) in [5, 5.41) is 29.7. The number of amides is 4. The van der Waals surface area contributed by atoms with Crippen LogP contribution in [0.5, 0.6) is 0 Å². The van der Waals surface area contributed by atoms with E-state index in [-0.39, 0.29) is 50.9 Å². The Morgan fingerprint density at radius 1 is 0.824 bits per heavy atom. The highest BCUT2D eigenvalue weighted by Crippen LogP contribution is 2.34. The lowest BCUT2D eigenvalue weighted by Gasteiger charge is -2.44. The molecule has 1 aliphatic rings. The van der Waals surface area contributed by atoms with Crippen LogP contribution in [0.2, 0.25) is 0 Å². The summed E-state index contributed by atoms with van der Waals surface area (Å²) in [6.45, 7) is 15.0. The van der Waals surface area contributed by atoms with Gasteiger partial charge in [-0.1, -0.05) is 88.4 Å². The molecule has 0 saturated carbocycles. The largest absolute Gasteiger partial charge is 0.445 e. The van der Waals surface area contributed by atoms with Gasteiger partial charge in [0.2, 0.25) is 11.8 Å². The van der Waals surface area contributed by atoms with Crippen LogP contribution in [-0.2, 0) is 41.8 Å². The Morgan fingerprint density at radius 2 is 1.27 bits per heavy atom. The zero-order valence-corrected chi connectivity index (χ0v) is 31.0. The van der Waals surface area contributed by atoms with Crippen molar-refractivity contribution in [1.29, 1.82) is 0 Å². The summed E-state index contributed by atoms with van der Waals surface area (Å²) < 4.78 is 21.7. The van der Waals surface area contributed by atoms with Crippen LogP contribution in [0.15, 0.2) is 60.7 Å². The number of rotatable bonds is 14. The van der Waals surface area contributed by atoms with Crippen LogP contribution >= 0.6 is 0 Å². The molecule has 0 bridgehead atoms. The molecule has 1 saturated heterocycles. The van der Waals surface area contributed by atoms with Crippen molar-refractivity contribution in [1.82, 2.24) is 21.3 Å². The molecule has 0 aromatic heterocycles. The molecule has 1 heterocycles. The minimum absolute atomic E-state index is 0.137. The lowest BCUT2D eigenvalue weighted by molar-refractivity contribution is -0.304. The summed E-state index contributed by atoms with van der Waals surface area (Å²) in [7, 11) is 0. The van der Waals surface area contributed by atoms with Gasteiger partial charge in [-0.15, -0.1) is 0 Å². The van der Waals surface area contributed by atoms with Crippen LogP contribution < -0.4 is 21.3 Å². The van der Waals surface area contributed by atoms with Crippen molar-refractivity contribution in [3.63, 3.8) is 0 Å². The van der Waals surface area contributed by atoms with E-state index in [1.165, 1.54) is 0 Å². The number of aliphatic hydroxyl groups excluding tert-OH is 2. The summed E-state index contributed by atoms with van der Waals surface area (Å²) in [5.74, 6) is -1.62. The summed E-state index contributed by atoms with van der Waals surface area (Å²) in [6, 6.07) is 18.1. The molecule has 3 rings (SSSR count). The molecule has 4 amide bonds. The topological polar surface area (TPSA) is 194 Å². The van der Waals surface area contributed by atoms with Gasteiger partial charge in [-0.05, 0) is 38.8 Å². The van der Waals surface area contributed by atoms with Gasteiger partial charge in [0.1, 0.15) is 25.4 Å². The normalized spacial score (nSPS) is 18.0. The predicted octanol–water partition coefficient (Wildman–Crippen LogP) is 3.39. The highest BCUT2D eigenvalue weighted by atomic mass is 16.7. The fourth-order valence-electron chi connectivity index (χ4n) is 4.49. The first-order valence-electron chi connectivity index (χ1n) is 17.0. The number of carbonyl (C=O) groups is 4. The first-order chi connectivity index (χ1) is 23.8. The highest BCUT2D eigenvalue weighted by Gasteiger charge is 2.45. The van der Waals surface area contributed by atoms with E-state index in [2.05, 4.69) is 21.3 Å². The van der Waals surface area contributed by atoms with Crippen LogP contribution in [0.4, 0.5) is 9.59 Å². The molecule has 14 nitrogen and oxygen atoms in total. The molecular weight excluding hydrogens is 660 g/mol. The zero-order valence-electron chi connectivity index (χ0n) is 31.0. The second kappa shape index (κ2) is 20.0. The van der Waals surface area contributed by atoms with Crippen molar-refractivity contribution in [2.75, 3.05) is 26.3 Å². The number of hydrogen-bond donors (Lipinski definition) is 6. The van der Waals surface area contributed by atoms with Crippen LogP contribution in [-0.4, -0.2) is 90.6 Å². The summed E-state index contributed by atoms with van der Waals surface area (Å²) in [5.41, 5.74) is 0.415. The smallest absolute Gasteiger partial charge is 0.407 e. The Hall–Kier alpha value is -4.24. The molecule has 6 N–H and O–H groups in total. The number of hydrogen-bond acceptors (Lipinski definition) is 10. The molecule has 2 aromatic carbocycles. The van der Waals surface area contributed by atoms with Crippen LogP contribution in [0, 0.1) is 10.8 Å². The number of nitrogens with one attached hydrogen (secondary N) is 4. The van der Waals surface area contributed by atoms with E-state index in [9.17, 15) is 24.3 Å².